The molecule has 1 aliphatic rings. The Bertz CT molecular complexity index is 293. The summed E-state index contributed by atoms with van der Waals surface area (Å²) in [5, 5.41) is 14.9. The fourth-order valence-corrected chi connectivity index (χ4v) is 1.86. The molecule has 2 unspecified atom stereocenters. The van der Waals surface area contributed by atoms with Crippen LogP contribution in [0.15, 0.2) is 0 Å². The summed E-state index contributed by atoms with van der Waals surface area (Å²) in [5.41, 5.74) is -0.492. The average molecular weight is 223 g/mol. The van der Waals surface area contributed by atoms with Crippen molar-refractivity contribution in [1.82, 2.24) is 10.6 Å². The van der Waals surface area contributed by atoms with Crippen molar-refractivity contribution >= 4 is 5.91 Å². The van der Waals surface area contributed by atoms with Gasteiger partial charge in [0.15, 0.2) is 0 Å². The second-order valence-corrected chi connectivity index (χ2v) is 5.26. The van der Waals surface area contributed by atoms with Gasteiger partial charge in [-0.2, -0.15) is 5.26 Å². The number of hydrogen-bond donors (Lipinski definition) is 2. The Morgan fingerprint density at radius 2 is 2.31 bits per heavy atom. The summed E-state index contributed by atoms with van der Waals surface area (Å²) in [6, 6.07) is 2.08. The van der Waals surface area contributed by atoms with Gasteiger partial charge in [-0.1, -0.05) is 6.92 Å². The Balaban J connectivity index is 2.43. The second-order valence-electron chi connectivity index (χ2n) is 5.26. The largest absolute Gasteiger partial charge is 0.353 e. The maximum Gasteiger partial charge on any atom is 0.237 e. The lowest BCUT2D eigenvalue weighted by Gasteiger charge is -2.29. The standard InChI is InChI=1S/C12H21N3O/c1-9-5-4-6-14-10(9)11(16)15-8-12(2,3)7-13/h9-10,14H,4-6,8H2,1-3H3,(H,15,16). The molecular formula is C12H21N3O. The number of rotatable bonds is 3. The van der Waals surface area contributed by atoms with Crippen LogP contribution in [-0.4, -0.2) is 25.0 Å². The summed E-state index contributed by atoms with van der Waals surface area (Å²) in [6.45, 7) is 7.05. The molecule has 4 heteroatoms. The molecule has 4 nitrogen and oxygen atoms in total. The number of amides is 1. The lowest BCUT2D eigenvalue weighted by atomic mass is 9.91. The highest BCUT2D eigenvalue weighted by atomic mass is 16.2. The number of carbonyl (C=O) groups excluding carboxylic acids is 1. The van der Waals surface area contributed by atoms with Crippen molar-refractivity contribution in [3.63, 3.8) is 0 Å². The van der Waals surface area contributed by atoms with Gasteiger partial charge in [-0.05, 0) is 39.2 Å². The third kappa shape index (κ3) is 3.49. The average Bonchev–Trinajstić information content (AvgIpc) is 2.27. The summed E-state index contributed by atoms with van der Waals surface area (Å²) in [7, 11) is 0. The molecule has 1 amide bonds. The molecule has 0 radical (unpaired) electrons. The van der Waals surface area contributed by atoms with Crippen LogP contribution < -0.4 is 10.6 Å². The summed E-state index contributed by atoms with van der Waals surface area (Å²) in [4.78, 5) is 11.9. The molecular weight excluding hydrogens is 202 g/mol. The molecule has 1 rings (SSSR count). The molecule has 16 heavy (non-hydrogen) atoms. The highest BCUT2D eigenvalue weighted by Crippen LogP contribution is 2.16. The Kier molecular flexibility index (Phi) is 4.31. The quantitative estimate of drug-likeness (QED) is 0.751. The van der Waals surface area contributed by atoms with Crippen LogP contribution in [0.3, 0.4) is 0 Å². The molecule has 0 aromatic heterocycles. The van der Waals surface area contributed by atoms with Gasteiger partial charge < -0.3 is 10.6 Å². The number of nitriles is 1. The third-order valence-electron chi connectivity index (χ3n) is 3.06. The highest BCUT2D eigenvalue weighted by molar-refractivity contribution is 5.82. The molecule has 0 saturated carbocycles. The van der Waals surface area contributed by atoms with E-state index in [-0.39, 0.29) is 11.9 Å². The number of hydrogen-bond acceptors (Lipinski definition) is 3. The molecule has 2 N–H and O–H groups in total. The van der Waals surface area contributed by atoms with Crippen LogP contribution in [0.1, 0.15) is 33.6 Å². The van der Waals surface area contributed by atoms with Crippen molar-refractivity contribution < 1.29 is 4.79 Å². The first-order valence-electron chi connectivity index (χ1n) is 5.88. The lowest BCUT2D eigenvalue weighted by Crippen LogP contribution is -2.52. The van der Waals surface area contributed by atoms with Crippen molar-refractivity contribution in [2.24, 2.45) is 11.3 Å². The van der Waals surface area contributed by atoms with Gasteiger partial charge >= 0.3 is 0 Å². The van der Waals surface area contributed by atoms with Gasteiger partial charge in [0.05, 0.1) is 17.5 Å². The van der Waals surface area contributed by atoms with Gasteiger partial charge in [-0.3, -0.25) is 4.79 Å². The smallest absolute Gasteiger partial charge is 0.237 e. The third-order valence-corrected chi connectivity index (χ3v) is 3.06. The van der Waals surface area contributed by atoms with Crippen molar-refractivity contribution in [2.45, 2.75) is 39.7 Å². The van der Waals surface area contributed by atoms with E-state index in [0.717, 1.165) is 19.4 Å². The van der Waals surface area contributed by atoms with Gasteiger partial charge in [0.25, 0.3) is 0 Å². The minimum atomic E-state index is -0.492. The van der Waals surface area contributed by atoms with E-state index >= 15 is 0 Å². The normalized spacial score (nSPS) is 25.9. The topological polar surface area (TPSA) is 64.9 Å². The number of piperidine rings is 1. The Labute approximate surface area is 97.4 Å². The van der Waals surface area contributed by atoms with Crippen molar-refractivity contribution in [3.8, 4) is 6.07 Å². The molecule has 1 saturated heterocycles. The van der Waals surface area contributed by atoms with Crippen LogP contribution in [0.4, 0.5) is 0 Å². The minimum absolute atomic E-state index is 0.0236. The van der Waals surface area contributed by atoms with Crippen LogP contribution in [0.2, 0.25) is 0 Å². The highest BCUT2D eigenvalue weighted by Gasteiger charge is 2.28. The SMILES string of the molecule is CC1CCCNC1C(=O)NCC(C)(C)C#N. The zero-order chi connectivity index (χ0) is 12.2. The van der Waals surface area contributed by atoms with E-state index in [1.54, 1.807) is 0 Å². The predicted octanol–water partition coefficient (Wildman–Crippen LogP) is 1.04. The molecule has 90 valence electrons. The van der Waals surface area contributed by atoms with Gasteiger partial charge in [0.1, 0.15) is 0 Å². The van der Waals surface area contributed by atoms with E-state index in [4.69, 9.17) is 5.26 Å². The van der Waals surface area contributed by atoms with Crippen molar-refractivity contribution in [3.05, 3.63) is 0 Å². The number of nitrogens with zero attached hydrogens (tertiary/aromatic N) is 1. The van der Waals surface area contributed by atoms with E-state index in [2.05, 4.69) is 23.6 Å². The molecule has 1 fully saturated rings. The van der Waals surface area contributed by atoms with E-state index < -0.39 is 5.41 Å². The lowest BCUT2D eigenvalue weighted by molar-refractivity contribution is -0.125. The zero-order valence-corrected chi connectivity index (χ0v) is 10.3. The minimum Gasteiger partial charge on any atom is -0.353 e. The zero-order valence-electron chi connectivity index (χ0n) is 10.3. The maximum atomic E-state index is 11.9. The molecule has 0 bridgehead atoms. The van der Waals surface area contributed by atoms with E-state index in [1.807, 2.05) is 13.8 Å². The van der Waals surface area contributed by atoms with Gasteiger partial charge in [0.2, 0.25) is 5.91 Å². The van der Waals surface area contributed by atoms with Gasteiger partial charge in [-0.25, -0.2) is 0 Å². The van der Waals surface area contributed by atoms with Crippen LogP contribution in [0.5, 0.6) is 0 Å². The first kappa shape index (κ1) is 13.0. The summed E-state index contributed by atoms with van der Waals surface area (Å²) in [5.74, 6) is 0.398. The summed E-state index contributed by atoms with van der Waals surface area (Å²) in [6.07, 6.45) is 2.22. The first-order valence-corrected chi connectivity index (χ1v) is 5.88. The Hall–Kier alpha value is -1.08. The van der Waals surface area contributed by atoms with Crippen LogP contribution in [0.25, 0.3) is 0 Å². The predicted molar refractivity (Wildman–Crippen MR) is 62.6 cm³/mol. The fraction of sp³-hybridized carbons (Fsp3) is 0.833. The van der Waals surface area contributed by atoms with Crippen molar-refractivity contribution in [2.75, 3.05) is 13.1 Å². The second kappa shape index (κ2) is 5.31. The molecule has 1 heterocycles. The van der Waals surface area contributed by atoms with Crippen LogP contribution in [0, 0.1) is 22.7 Å². The monoisotopic (exact) mass is 223 g/mol. The summed E-state index contributed by atoms with van der Waals surface area (Å²) < 4.78 is 0. The van der Waals surface area contributed by atoms with E-state index in [9.17, 15) is 4.79 Å². The summed E-state index contributed by atoms with van der Waals surface area (Å²) >= 11 is 0. The maximum absolute atomic E-state index is 11.9. The first-order chi connectivity index (χ1) is 7.46. The Morgan fingerprint density at radius 1 is 1.62 bits per heavy atom. The Morgan fingerprint density at radius 3 is 2.88 bits per heavy atom. The van der Waals surface area contributed by atoms with Crippen LogP contribution in [-0.2, 0) is 4.79 Å². The molecule has 2 atom stereocenters. The van der Waals surface area contributed by atoms with Crippen LogP contribution >= 0.6 is 0 Å². The van der Waals surface area contributed by atoms with Gasteiger partial charge in [0, 0.05) is 6.54 Å². The van der Waals surface area contributed by atoms with E-state index in [0.29, 0.717) is 12.5 Å². The van der Waals surface area contributed by atoms with E-state index in [1.165, 1.54) is 0 Å². The fourth-order valence-electron chi connectivity index (χ4n) is 1.86. The number of nitrogens with one attached hydrogen (secondary N) is 2. The molecule has 0 aromatic carbocycles. The molecule has 0 aliphatic carbocycles. The molecule has 0 spiro atoms. The molecule has 0 aromatic rings. The number of carbonyl (C=O) groups is 1. The van der Waals surface area contributed by atoms with Crippen molar-refractivity contribution in [1.29, 1.82) is 5.26 Å². The molecule has 1 aliphatic heterocycles. The van der Waals surface area contributed by atoms with Gasteiger partial charge in [-0.15, -0.1) is 0 Å².